The van der Waals surface area contributed by atoms with Gasteiger partial charge >= 0.3 is 0 Å². The zero-order valence-corrected chi connectivity index (χ0v) is 17.3. The van der Waals surface area contributed by atoms with Crippen molar-refractivity contribution in [1.82, 2.24) is 4.98 Å². The first-order chi connectivity index (χ1) is 15.0. The van der Waals surface area contributed by atoms with Crippen LogP contribution in [0.25, 0.3) is 10.9 Å². The molecule has 5 nitrogen and oxygen atoms in total. The number of aromatic nitrogens is 1. The van der Waals surface area contributed by atoms with Gasteiger partial charge in [0.1, 0.15) is 11.5 Å². The monoisotopic (exact) mass is 410 g/mol. The molecule has 4 aromatic rings. The van der Waals surface area contributed by atoms with E-state index in [4.69, 9.17) is 4.74 Å². The quantitative estimate of drug-likeness (QED) is 0.467. The van der Waals surface area contributed by atoms with E-state index in [0.29, 0.717) is 22.7 Å². The van der Waals surface area contributed by atoms with Gasteiger partial charge in [0, 0.05) is 28.3 Å². The van der Waals surface area contributed by atoms with Gasteiger partial charge in [-0.2, -0.15) is 0 Å². The van der Waals surface area contributed by atoms with E-state index < -0.39 is 5.92 Å². The highest BCUT2D eigenvalue weighted by molar-refractivity contribution is 6.01. The van der Waals surface area contributed by atoms with Crippen LogP contribution in [0.4, 0.5) is 5.69 Å². The third-order valence-electron chi connectivity index (χ3n) is 5.71. The van der Waals surface area contributed by atoms with Crippen LogP contribution < -0.4 is 15.6 Å². The Hall–Kier alpha value is -3.86. The molecule has 5 heteroatoms. The van der Waals surface area contributed by atoms with Crippen molar-refractivity contribution in [2.45, 2.75) is 25.7 Å². The van der Waals surface area contributed by atoms with E-state index in [2.05, 4.69) is 24.1 Å². The predicted molar refractivity (Wildman–Crippen MR) is 122 cm³/mol. The Balaban J connectivity index is 1.54. The zero-order chi connectivity index (χ0) is 21.5. The number of anilines is 1. The highest BCUT2D eigenvalue weighted by atomic mass is 16.5. The number of aromatic amines is 1. The smallest absolute Gasteiger partial charge is 0.248 e. The third-order valence-corrected chi connectivity index (χ3v) is 5.71. The van der Waals surface area contributed by atoms with Crippen LogP contribution in [0.15, 0.2) is 77.6 Å². The molecule has 0 saturated heterocycles. The number of carbonyl (C=O) groups is 1. The molecule has 0 aliphatic carbocycles. The number of nitrogens with one attached hydrogen (secondary N) is 2. The van der Waals surface area contributed by atoms with Crippen molar-refractivity contribution in [3.8, 4) is 11.5 Å². The molecular formula is C26H22N2O3. The highest BCUT2D eigenvalue weighted by Gasteiger charge is 2.32. The normalized spacial score (nSPS) is 12.9. The van der Waals surface area contributed by atoms with Gasteiger partial charge in [-0.25, -0.2) is 0 Å². The number of carbonyl (C=O) groups excluding carboxylic acids is 1. The Morgan fingerprint density at radius 2 is 1.58 bits per heavy atom. The molecule has 0 saturated carbocycles. The van der Waals surface area contributed by atoms with Gasteiger partial charge in [0.05, 0.1) is 11.4 Å². The van der Waals surface area contributed by atoms with E-state index in [0.717, 1.165) is 22.1 Å². The Morgan fingerprint density at radius 1 is 0.935 bits per heavy atom. The number of hydrogen-bond donors (Lipinski definition) is 2. The number of pyridine rings is 1. The van der Waals surface area contributed by atoms with Crippen LogP contribution in [0.2, 0.25) is 0 Å². The van der Waals surface area contributed by atoms with Crippen LogP contribution in [-0.4, -0.2) is 10.9 Å². The summed E-state index contributed by atoms with van der Waals surface area (Å²) in [6, 6.07) is 22.5. The molecule has 1 aliphatic heterocycles. The standard InChI is InChI=1S/C26H22N2O3/c1-15(2)20-14-24(29)28-21-13-16(11-12-17(20)21)27-26(30)25-18-7-3-5-9-22(18)31-23-10-6-4-8-19(23)25/h3-15,25H,1-2H3,(H,27,30)(H,28,29). The molecule has 0 atom stereocenters. The first-order valence-electron chi connectivity index (χ1n) is 10.3. The number of fused-ring (bicyclic) bond motifs is 3. The molecule has 0 bridgehead atoms. The Labute approximate surface area is 179 Å². The fourth-order valence-corrected chi connectivity index (χ4v) is 4.25. The maximum Gasteiger partial charge on any atom is 0.248 e. The van der Waals surface area contributed by atoms with Crippen LogP contribution in [0, 0.1) is 0 Å². The second kappa shape index (κ2) is 7.43. The van der Waals surface area contributed by atoms with E-state index in [1.54, 1.807) is 6.07 Å². The lowest BCUT2D eigenvalue weighted by Gasteiger charge is -2.27. The number of benzene rings is 3. The molecular weight excluding hydrogens is 388 g/mol. The van der Waals surface area contributed by atoms with Gasteiger partial charge in [-0.3, -0.25) is 9.59 Å². The van der Waals surface area contributed by atoms with Gasteiger partial charge < -0.3 is 15.0 Å². The van der Waals surface area contributed by atoms with Crippen molar-refractivity contribution in [3.05, 3.63) is 99.8 Å². The molecule has 0 unspecified atom stereocenters. The summed E-state index contributed by atoms with van der Waals surface area (Å²) in [6.45, 7) is 4.12. The van der Waals surface area contributed by atoms with Gasteiger partial charge in [0.15, 0.2) is 0 Å². The zero-order valence-electron chi connectivity index (χ0n) is 17.3. The fraction of sp³-hybridized carbons (Fsp3) is 0.154. The van der Waals surface area contributed by atoms with E-state index in [1.165, 1.54) is 0 Å². The Kier molecular flexibility index (Phi) is 4.59. The van der Waals surface area contributed by atoms with Crippen LogP contribution in [0.5, 0.6) is 11.5 Å². The molecule has 1 amide bonds. The SMILES string of the molecule is CC(C)c1cc(=O)[nH]c2cc(NC(=O)C3c4ccccc4Oc4ccccc43)ccc12. The van der Waals surface area contributed by atoms with Crippen molar-refractivity contribution in [2.24, 2.45) is 0 Å². The minimum absolute atomic E-state index is 0.146. The predicted octanol–water partition coefficient (Wildman–Crippen LogP) is 5.53. The topological polar surface area (TPSA) is 71.2 Å². The highest BCUT2D eigenvalue weighted by Crippen LogP contribution is 2.44. The van der Waals surface area contributed by atoms with Crippen LogP contribution >= 0.6 is 0 Å². The van der Waals surface area contributed by atoms with Crippen molar-refractivity contribution in [1.29, 1.82) is 0 Å². The maximum atomic E-state index is 13.4. The lowest BCUT2D eigenvalue weighted by atomic mass is 9.87. The van der Waals surface area contributed by atoms with Crippen LogP contribution in [-0.2, 0) is 4.79 Å². The molecule has 2 N–H and O–H groups in total. The van der Waals surface area contributed by atoms with E-state index in [1.807, 2.05) is 66.7 Å². The van der Waals surface area contributed by atoms with Gasteiger partial charge in [-0.15, -0.1) is 0 Å². The lowest BCUT2D eigenvalue weighted by molar-refractivity contribution is -0.116. The second-order valence-corrected chi connectivity index (χ2v) is 8.10. The van der Waals surface area contributed by atoms with E-state index >= 15 is 0 Å². The maximum absolute atomic E-state index is 13.4. The van der Waals surface area contributed by atoms with Crippen molar-refractivity contribution >= 4 is 22.5 Å². The summed E-state index contributed by atoms with van der Waals surface area (Å²) >= 11 is 0. The first-order valence-corrected chi connectivity index (χ1v) is 10.3. The summed E-state index contributed by atoms with van der Waals surface area (Å²) in [5.74, 6) is 0.958. The molecule has 1 aliphatic rings. The molecule has 31 heavy (non-hydrogen) atoms. The fourth-order valence-electron chi connectivity index (χ4n) is 4.25. The molecule has 3 aromatic carbocycles. The number of H-pyrrole nitrogens is 1. The van der Waals surface area contributed by atoms with Gasteiger partial charge in [-0.05, 0) is 35.7 Å². The molecule has 5 rings (SSSR count). The van der Waals surface area contributed by atoms with Gasteiger partial charge in [0.2, 0.25) is 11.5 Å². The molecule has 154 valence electrons. The van der Waals surface area contributed by atoms with Crippen LogP contribution in [0.3, 0.4) is 0 Å². The molecule has 0 spiro atoms. The van der Waals surface area contributed by atoms with Gasteiger partial charge in [-0.1, -0.05) is 56.3 Å². The number of para-hydroxylation sites is 2. The number of rotatable bonds is 3. The molecule has 0 radical (unpaired) electrons. The average molecular weight is 410 g/mol. The minimum Gasteiger partial charge on any atom is -0.457 e. The molecule has 1 aromatic heterocycles. The Morgan fingerprint density at radius 3 is 2.23 bits per heavy atom. The van der Waals surface area contributed by atoms with Gasteiger partial charge in [0.25, 0.3) is 0 Å². The first kappa shape index (κ1) is 19.1. The summed E-state index contributed by atoms with van der Waals surface area (Å²) in [7, 11) is 0. The lowest BCUT2D eigenvalue weighted by Crippen LogP contribution is -2.25. The number of hydrogen-bond acceptors (Lipinski definition) is 3. The average Bonchev–Trinajstić information content (AvgIpc) is 2.76. The van der Waals surface area contributed by atoms with Crippen molar-refractivity contribution < 1.29 is 9.53 Å². The summed E-state index contributed by atoms with van der Waals surface area (Å²) < 4.78 is 5.99. The number of ether oxygens (including phenoxy) is 1. The van der Waals surface area contributed by atoms with E-state index in [9.17, 15) is 9.59 Å². The summed E-state index contributed by atoms with van der Waals surface area (Å²) in [4.78, 5) is 28.4. The van der Waals surface area contributed by atoms with Crippen molar-refractivity contribution in [3.63, 3.8) is 0 Å². The largest absolute Gasteiger partial charge is 0.457 e. The number of amides is 1. The van der Waals surface area contributed by atoms with Crippen LogP contribution in [0.1, 0.15) is 42.4 Å². The Bertz CT molecular complexity index is 1330. The van der Waals surface area contributed by atoms with E-state index in [-0.39, 0.29) is 17.4 Å². The summed E-state index contributed by atoms with van der Waals surface area (Å²) in [5, 5.41) is 4.02. The molecule has 2 heterocycles. The van der Waals surface area contributed by atoms with Crippen molar-refractivity contribution in [2.75, 3.05) is 5.32 Å². The summed E-state index contributed by atoms with van der Waals surface area (Å²) in [6.07, 6.45) is 0. The summed E-state index contributed by atoms with van der Waals surface area (Å²) in [5.41, 5.74) is 3.85. The minimum atomic E-state index is -0.488. The molecule has 0 fully saturated rings. The second-order valence-electron chi connectivity index (χ2n) is 8.10. The third kappa shape index (κ3) is 3.38.